The first kappa shape index (κ1) is 24.6. The molecule has 0 saturated heterocycles. The van der Waals surface area contributed by atoms with E-state index in [1.54, 1.807) is 36.0 Å². The maximum Gasteiger partial charge on any atom is 0.308 e. The second kappa shape index (κ2) is 10.2. The number of nitrogens with zero attached hydrogens (tertiary/aromatic N) is 2. The van der Waals surface area contributed by atoms with Crippen LogP contribution in [0.1, 0.15) is 33.3 Å². The van der Waals surface area contributed by atoms with E-state index in [4.69, 9.17) is 14.2 Å². The van der Waals surface area contributed by atoms with Crippen molar-refractivity contribution in [3.05, 3.63) is 48.0 Å². The first-order chi connectivity index (χ1) is 16.1. The van der Waals surface area contributed by atoms with Crippen molar-refractivity contribution in [2.45, 2.75) is 27.7 Å². The molecule has 0 radical (unpaired) electrons. The largest absolute Gasteiger partial charge is 0.506 e. The van der Waals surface area contributed by atoms with Crippen LogP contribution in [0.15, 0.2) is 42.5 Å². The van der Waals surface area contributed by atoms with Gasteiger partial charge in [0.1, 0.15) is 28.7 Å². The number of hydrogen-bond acceptors (Lipinski definition) is 7. The first-order valence-corrected chi connectivity index (χ1v) is 10.7. The molecule has 8 heteroatoms. The number of phenolic OH excluding ortho intramolecular Hbond substituents is 1. The van der Waals surface area contributed by atoms with Gasteiger partial charge in [-0.2, -0.15) is 5.10 Å². The first-order valence-electron chi connectivity index (χ1n) is 10.7. The van der Waals surface area contributed by atoms with Gasteiger partial charge in [0.25, 0.3) is 0 Å². The number of aryl methyl sites for hydroxylation is 1. The Morgan fingerprint density at radius 3 is 2.24 bits per heavy atom. The predicted molar refractivity (Wildman–Crippen MR) is 129 cm³/mol. The number of ether oxygens (including phenoxy) is 3. The molecule has 0 aliphatic heterocycles. The Balaban J connectivity index is 2.13. The normalized spacial score (nSPS) is 11.1. The van der Waals surface area contributed by atoms with Crippen molar-refractivity contribution >= 4 is 18.0 Å². The molecule has 1 aromatic heterocycles. The number of benzene rings is 2. The second-order valence-corrected chi connectivity index (χ2v) is 8.07. The highest BCUT2D eigenvalue weighted by Gasteiger charge is 2.23. The Bertz CT molecular complexity index is 1240. The Labute approximate surface area is 198 Å². The van der Waals surface area contributed by atoms with Gasteiger partial charge in [0.15, 0.2) is 0 Å². The fourth-order valence-corrected chi connectivity index (χ4v) is 3.45. The molecular formula is C26H28N2O6. The third-order valence-electron chi connectivity index (χ3n) is 4.93. The van der Waals surface area contributed by atoms with E-state index in [1.165, 1.54) is 21.0 Å². The zero-order valence-corrected chi connectivity index (χ0v) is 20.1. The number of rotatable bonds is 7. The van der Waals surface area contributed by atoms with E-state index >= 15 is 0 Å². The smallest absolute Gasteiger partial charge is 0.308 e. The summed E-state index contributed by atoms with van der Waals surface area (Å²) in [7, 11) is 3.26. The second-order valence-electron chi connectivity index (χ2n) is 8.07. The van der Waals surface area contributed by atoms with E-state index in [-0.39, 0.29) is 17.4 Å². The Morgan fingerprint density at radius 1 is 1.03 bits per heavy atom. The standard InChI is InChI=1S/C26H28N2O6/c1-15(2)7-12-20-23(34-17(4)30)14-24(32-6)25(26(20)31)21-13-22(28(5)27-21)18-8-10-19(11-9-18)33-16(3)29/h7-15,31H,1-6H3. The van der Waals surface area contributed by atoms with E-state index in [1.807, 2.05) is 38.1 Å². The summed E-state index contributed by atoms with van der Waals surface area (Å²) >= 11 is 0. The number of esters is 2. The van der Waals surface area contributed by atoms with Crippen molar-refractivity contribution in [2.24, 2.45) is 13.0 Å². The van der Waals surface area contributed by atoms with Gasteiger partial charge in [-0.25, -0.2) is 0 Å². The molecule has 34 heavy (non-hydrogen) atoms. The quantitative estimate of drug-likeness (QED) is 0.388. The molecule has 0 saturated carbocycles. The summed E-state index contributed by atoms with van der Waals surface area (Å²) in [5, 5.41) is 15.8. The van der Waals surface area contributed by atoms with Crippen LogP contribution in [0.2, 0.25) is 0 Å². The van der Waals surface area contributed by atoms with Gasteiger partial charge in [0, 0.05) is 32.5 Å². The third-order valence-corrected chi connectivity index (χ3v) is 4.93. The molecule has 1 N–H and O–H groups in total. The summed E-state index contributed by atoms with van der Waals surface area (Å²) in [5.41, 5.74) is 2.82. The van der Waals surface area contributed by atoms with Crippen LogP contribution >= 0.6 is 0 Å². The highest BCUT2D eigenvalue weighted by Crippen LogP contribution is 2.46. The maximum atomic E-state index is 11.6. The van der Waals surface area contributed by atoms with Crippen LogP contribution in [0.3, 0.4) is 0 Å². The summed E-state index contributed by atoms with van der Waals surface area (Å²) in [5.74, 6) is 0.155. The molecule has 0 aliphatic carbocycles. The lowest BCUT2D eigenvalue weighted by atomic mass is 10.0. The Morgan fingerprint density at radius 2 is 1.68 bits per heavy atom. The summed E-state index contributed by atoms with van der Waals surface area (Å²) in [6.45, 7) is 6.64. The van der Waals surface area contributed by atoms with Gasteiger partial charge in [-0.05, 0) is 36.2 Å². The van der Waals surface area contributed by atoms with Gasteiger partial charge in [-0.15, -0.1) is 0 Å². The minimum atomic E-state index is -0.509. The zero-order chi connectivity index (χ0) is 25.0. The van der Waals surface area contributed by atoms with E-state index < -0.39 is 11.9 Å². The van der Waals surface area contributed by atoms with Crippen LogP contribution in [0.25, 0.3) is 28.6 Å². The Hall–Kier alpha value is -4.07. The number of aromatic nitrogens is 2. The lowest BCUT2D eigenvalue weighted by Crippen LogP contribution is -2.04. The van der Waals surface area contributed by atoms with E-state index in [9.17, 15) is 14.7 Å². The molecule has 8 nitrogen and oxygen atoms in total. The van der Waals surface area contributed by atoms with Crippen LogP contribution in [0, 0.1) is 5.92 Å². The van der Waals surface area contributed by atoms with Crippen molar-refractivity contribution in [1.82, 2.24) is 9.78 Å². The topological polar surface area (TPSA) is 99.9 Å². The van der Waals surface area contributed by atoms with Gasteiger partial charge >= 0.3 is 11.9 Å². The summed E-state index contributed by atoms with van der Waals surface area (Å²) < 4.78 is 17.6. The van der Waals surface area contributed by atoms with Crippen LogP contribution in [-0.4, -0.2) is 33.9 Å². The monoisotopic (exact) mass is 464 g/mol. The summed E-state index contributed by atoms with van der Waals surface area (Å²) in [6, 6.07) is 10.4. The summed E-state index contributed by atoms with van der Waals surface area (Å²) in [6.07, 6.45) is 3.62. The van der Waals surface area contributed by atoms with Gasteiger partial charge in [-0.3, -0.25) is 14.3 Å². The van der Waals surface area contributed by atoms with Crippen molar-refractivity contribution in [3.63, 3.8) is 0 Å². The molecule has 0 atom stereocenters. The zero-order valence-electron chi connectivity index (χ0n) is 20.1. The number of methoxy groups -OCH3 is 1. The fraction of sp³-hybridized carbons (Fsp3) is 0.269. The number of carbonyl (C=O) groups excluding carboxylic acids is 2. The molecule has 0 aliphatic rings. The van der Waals surface area contributed by atoms with Crippen molar-refractivity contribution < 1.29 is 28.9 Å². The van der Waals surface area contributed by atoms with Gasteiger partial charge in [0.2, 0.25) is 0 Å². The van der Waals surface area contributed by atoms with Crippen LogP contribution in [-0.2, 0) is 16.6 Å². The van der Waals surface area contributed by atoms with Crippen LogP contribution in [0.4, 0.5) is 0 Å². The lowest BCUT2D eigenvalue weighted by Gasteiger charge is -2.15. The average Bonchev–Trinajstić information content (AvgIpc) is 3.13. The van der Waals surface area contributed by atoms with Gasteiger partial charge in [-0.1, -0.05) is 26.0 Å². The average molecular weight is 465 g/mol. The molecular weight excluding hydrogens is 436 g/mol. The van der Waals surface area contributed by atoms with Crippen LogP contribution < -0.4 is 14.2 Å². The van der Waals surface area contributed by atoms with Crippen molar-refractivity contribution in [3.8, 4) is 45.5 Å². The Kier molecular flexibility index (Phi) is 7.40. The minimum Gasteiger partial charge on any atom is -0.506 e. The molecule has 3 rings (SSSR count). The molecule has 2 aromatic carbocycles. The molecule has 0 bridgehead atoms. The van der Waals surface area contributed by atoms with E-state index in [0.29, 0.717) is 28.3 Å². The highest BCUT2D eigenvalue weighted by atomic mass is 16.5. The highest BCUT2D eigenvalue weighted by molar-refractivity contribution is 5.85. The molecule has 1 heterocycles. The van der Waals surface area contributed by atoms with E-state index in [0.717, 1.165) is 11.3 Å². The summed E-state index contributed by atoms with van der Waals surface area (Å²) in [4.78, 5) is 22.8. The third kappa shape index (κ3) is 5.46. The van der Waals surface area contributed by atoms with Crippen molar-refractivity contribution in [2.75, 3.05) is 7.11 Å². The molecule has 0 fully saturated rings. The molecule has 0 unspecified atom stereocenters. The van der Waals surface area contributed by atoms with Gasteiger partial charge in [0.05, 0.1) is 23.9 Å². The van der Waals surface area contributed by atoms with Crippen molar-refractivity contribution in [1.29, 1.82) is 0 Å². The lowest BCUT2D eigenvalue weighted by molar-refractivity contribution is -0.132. The number of phenols is 1. The van der Waals surface area contributed by atoms with Gasteiger partial charge < -0.3 is 19.3 Å². The molecule has 0 spiro atoms. The molecule has 0 amide bonds. The number of carbonyl (C=O) groups is 2. The minimum absolute atomic E-state index is 0.109. The SMILES string of the molecule is COc1cc(OC(C)=O)c(C=CC(C)C)c(O)c1-c1cc(-c2ccc(OC(C)=O)cc2)n(C)n1. The maximum absolute atomic E-state index is 11.6. The molecule has 3 aromatic rings. The predicted octanol–water partition coefficient (Wildman–Crippen LogP) is 4.99. The fourth-order valence-electron chi connectivity index (χ4n) is 3.45. The number of hydrogen-bond donors (Lipinski definition) is 1. The number of allylic oxidation sites excluding steroid dienone is 1. The van der Waals surface area contributed by atoms with Crippen LogP contribution in [0.5, 0.6) is 23.0 Å². The molecule has 178 valence electrons. The number of aromatic hydroxyl groups is 1. The van der Waals surface area contributed by atoms with E-state index in [2.05, 4.69) is 5.10 Å².